The van der Waals surface area contributed by atoms with Crippen LogP contribution in [0.25, 0.3) is 0 Å². The Morgan fingerprint density at radius 2 is 1.55 bits per heavy atom. The molecule has 2 rings (SSSR count). The van der Waals surface area contributed by atoms with E-state index < -0.39 is 6.04 Å². The van der Waals surface area contributed by atoms with Crippen molar-refractivity contribution >= 4 is 11.8 Å². The Hall–Kier alpha value is -2.66. The highest BCUT2D eigenvalue weighted by molar-refractivity contribution is 5.97. The van der Waals surface area contributed by atoms with Gasteiger partial charge in [0.05, 0.1) is 6.04 Å². The number of likely N-dealkylation sites (N-methyl/N-ethyl adjacent to an activating group) is 1. The number of carbonyl (C=O) groups excluding carboxylic acids is 2. The molecule has 29 heavy (non-hydrogen) atoms. The average Bonchev–Trinajstić information content (AvgIpc) is 2.67. The normalized spacial score (nSPS) is 13.6. The molecular weight excluding hydrogens is 362 g/mol. The van der Waals surface area contributed by atoms with Gasteiger partial charge in [0, 0.05) is 12.1 Å². The molecule has 5 heteroatoms. The van der Waals surface area contributed by atoms with Crippen LogP contribution in [0.3, 0.4) is 0 Å². The smallest absolute Gasteiger partial charge is 0.251 e. The molecule has 2 unspecified atom stereocenters. The summed E-state index contributed by atoms with van der Waals surface area (Å²) in [6.45, 7) is 8.56. The fourth-order valence-electron chi connectivity index (χ4n) is 3.09. The third kappa shape index (κ3) is 6.43. The number of hydrogen-bond acceptors (Lipinski definition) is 3. The van der Waals surface area contributed by atoms with Gasteiger partial charge in [0.2, 0.25) is 5.91 Å². The molecule has 0 aliphatic rings. The van der Waals surface area contributed by atoms with E-state index in [9.17, 15) is 9.59 Å². The SMILES string of the molecule is CC(NC(=O)c1ccc(C(C)(C)C)cc1)C(=O)NCC(c1ccccc1)N(C)C. The summed E-state index contributed by atoms with van der Waals surface area (Å²) in [5, 5.41) is 5.74. The van der Waals surface area contributed by atoms with Crippen molar-refractivity contribution in [1.82, 2.24) is 15.5 Å². The largest absolute Gasteiger partial charge is 0.352 e. The lowest BCUT2D eigenvalue weighted by molar-refractivity contribution is -0.122. The van der Waals surface area contributed by atoms with Gasteiger partial charge in [-0.15, -0.1) is 0 Å². The zero-order valence-electron chi connectivity index (χ0n) is 18.3. The van der Waals surface area contributed by atoms with E-state index in [1.807, 2.05) is 56.6 Å². The van der Waals surface area contributed by atoms with Crippen molar-refractivity contribution in [1.29, 1.82) is 0 Å². The van der Waals surface area contributed by atoms with Crippen molar-refractivity contribution in [2.45, 2.75) is 45.2 Å². The number of amides is 2. The Labute approximate surface area is 174 Å². The number of nitrogens with one attached hydrogen (secondary N) is 2. The molecule has 0 saturated carbocycles. The minimum absolute atomic E-state index is 0.0317. The molecular formula is C24H33N3O2. The molecule has 0 heterocycles. The van der Waals surface area contributed by atoms with Gasteiger partial charge in [-0.2, -0.15) is 0 Å². The van der Waals surface area contributed by atoms with Crippen molar-refractivity contribution in [3.05, 3.63) is 71.3 Å². The highest BCUT2D eigenvalue weighted by Crippen LogP contribution is 2.22. The molecule has 0 fully saturated rings. The van der Waals surface area contributed by atoms with E-state index in [1.165, 1.54) is 0 Å². The average molecular weight is 396 g/mol. The topological polar surface area (TPSA) is 61.4 Å². The molecule has 156 valence electrons. The van der Waals surface area contributed by atoms with E-state index in [2.05, 4.69) is 36.3 Å². The van der Waals surface area contributed by atoms with E-state index in [0.29, 0.717) is 12.1 Å². The number of hydrogen-bond donors (Lipinski definition) is 2. The number of carbonyl (C=O) groups is 2. The molecule has 0 bridgehead atoms. The summed E-state index contributed by atoms with van der Waals surface area (Å²) < 4.78 is 0. The molecule has 0 saturated heterocycles. The lowest BCUT2D eigenvalue weighted by atomic mass is 9.86. The highest BCUT2D eigenvalue weighted by atomic mass is 16.2. The van der Waals surface area contributed by atoms with Crippen LogP contribution in [-0.2, 0) is 10.2 Å². The molecule has 2 atom stereocenters. The number of rotatable bonds is 7. The minimum Gasteiger partial charge on any atom is -0.352 e. The van der Waals surface area contributed by atoms with Gasteiger partial charge in [0.25, 0.3) is 5.91 Å². The van der Waals surface area contributed by atoms with Gasteiger partial charge >= 0.3 is 0 Å². The summed E-state index contributed by atoms with van der Waals surface area (Å²) in [7, 11) is 3.96. The second-order valence-electron chi connectivity index (χ2n) is 8.66. The Kier molecular flexibility index (Phi) is 7.57. The quantitative estimate of drug-likeness (QED) is 0.754. The summed E-state index contributed by atoms with van der Waals surface area (Å²) >= 11 is 0. The molecule has 0 aliphatic heterocycles. The van der Waals surface area contributed by atoms with Crippen molar-refractivity contribution in [2.75, 3.05) is 20.6 Å². The molecule has 2 aromatic carbocycles. The third-order valence-electron chi connectivity index (χ3n) is 5.03. The fraction of sp³-hybridized carbons (Fsp3) is 0.417. The summed E-state index contributed by atoms with van der Waals surface area (Å²) in [5.41, 5.74) is 2.88. The monoisotopic (exact) mass is 395 g/mol. The van der Waals surface area contributed by atoms with Crippen LogP contribution in [0.4, 0.5) is 0 Å². The highest BCUT2D eigenvalue weighted by Gasteiger charge is 2.20. The second kappa shape index (κ2) is 9.70. The molecule has 5 nitrogen and oxygen atoms in total. The summed E-state index contributed by atoms with van der Waals surface area (Å²) in [4.78, 5) is 27.1. The lowest BCUT2D eigenvalue weighted by Crippen LogP contribution is -2.46. The van der Waals surface area contributed by atoms with E-state index in [-0.39, 0.29) is 23.3 Å². The number of nitrogens with zero attached hydrogens (tertiary/aromatic N) is 1. The van der Waals surface area contributed by atoms with Crippen molar-refractivity contribution in [3.8, 4) is 0 Å². The second-order valence-corrected chi connectivity index (χ2v) is 8.66. The Morgan fingerprint density at radius 1 is 0.966 bits per heavy atom. The van der Waals surface area contributed by atoms with Crippen molar-refractivity contribution in [2.24, 2.45) is 0 Å². The predicted molar refractivity (Wildman–Crippen MR) is 118 cm³/mol. The fourth-order valence-corrected chi connectivity index (χ4v) is 3.09. The Morgan fingerprint density at radius 3 is 2.07 bits per heavy atom. The molecule has 0 spiro atoms. The molecule has 0 radical (unpaired) electrons. The van der Waals surface area contributed by atoms with Gasteiger partial charge in [0.15, 0.2) is 0 Å². The summed E-state index contributed by atoms with van der Waals surface area (Å²) in [5.74, 6) is -0.451. The van der Waals surface area contributed by atoms with Gasteiger partial charge in [-0.1, -0.05) is 63.2 Å². The first-order chi connectivity index (χ1) is 13.6. The zero-order chi connectivity index (χ0) is 21.6. The van der Waals surface area contributed by atoms with Crippen LogP contribution in [-0.4, -0.2) is 43.4 Å². The molecule has 2 amide bonds. The first-order valence-corrected chi connectivity index (χ1v) is 10.00. The van der Waals surface area contributed by atoms with Gasteiger partial charge in [-0.05, 0) is 49.7 Å². The summed E-state index contributed by atoms with van der Waals surface area (Å²) in [6, 6.07) is 17.0. The van der Waals surface area contributed by atoms with Gasteiger partial charge in [-0.25, -0.2) is 0 Å². The van der Waals surface area contributed by atoms with Crippen LogP contribution in [0.5, 0.6) is 0 Å². The van der Waals surface area contributed by atoms with E-state index >= 15 is 0 Å². The molecule has 0 aromatic heterocycles. The molecule has 0 aliphatic carbocycles. The summed E-state index contributed by atoms with van der Waals surface area (Å²) in [6.07, 6.45) is 0. The van der Waals surface area contributed by atoms with Crippen molar-refractivity contribution < 1.29 is 9.59 Å². The molecule has 2 aromatic rings. The van der Waals surface area contributed by atoms with Crippen LogP contribution >= 0.6 is 0 Å². The Balaban J connectivity index is 1.93. The van der Waals surface area contributed by atoms with Crippen LogP contribution in [0, 0.1) is 0 Å². The van der Waals surface area contributed by atoms with Gasteiger partial charge in [-0.3, -0.25) is 9.59 Å². The van der Waals surface area contributed by atoms with Gasteiger partial charge < -0.3 is 15.5 Å². The zero-order valence-corrected chi connectivity index (χ0v) is 18.3. The first kappa shape index (κ1) is 22.6. The van der Waals surface area contributed by atoms with Crippen LogP contribution < -0.4 is 10.6 Å². The Bertz CT molecular complexity index is 808. The maximum atomic E-state index is 12.5. The van der Waals surface area contributed by atoms with Crippen LogP contribution in [0.2, 0.25) is 0 Å². The van der Waals surface area contributed by atoms with E-state index in [4.69, 9.17) is 0 Å². The maximum absolute atomic E-state index is 12.5. The van der Waals surface area contributed by atoms with E-state index in [1.54, 1.807) is 19.1 Å². The van der Waals surface area contributed by atoms with Crippen LogP contribution in [0.1, 0.15) is 55.2 Å². The van der Waals surface area contributed by atoms with Crippen molar-refractivity contribution in [3.63, 3.8) is 0 Å². The number of benzene rings is 2. The first-order valence-electron chi connectivity index (χ1n) is 10.00. The lowest BCUT2D eigenvalue weighted by Gasteiger charge is -2.26. The standard InChI is InChI=1S/C24H33N3O2/c1-17(26-23(29)19-12-14-20(15-13-19)24(2,3)4)22(28)25-16-21(27(5)6)18-10-8-7-9-11-18/h7-15,17,21H,16H2,1-6H3,(H,25,28)(H,26,29). The molecule has 2 N–H and O–H groups in total. The minimum atomic E-state index is -0.622. The maximum Gasteiger partial charge on any atom is 0.251 e. The van der Waals surface area contributed by atoms with E-state index in [0.717, 1.165) is 11.1 Å². The van der Waals surface area contributed by atoms with Crippen LogP contribution in [0.15, 0.2) is 54.6 Å². The third-order valence-corrected chi connectivity index (χ3v) is 5.03. The predicted octanol–water partition coefficient (Wildman–Crippen LogP) is 3.52. The van der Waals surface area contributed by atoms with Gasteiger partial charge in [0.1, 0.15) is 6.04 Å².